The number of rotatable bonds is 1. The fraction of sp³-hybridized carbons (Fsp3) is 0. The summed E-state index contributed by atoms with van der Waals surface area (Å²) in [6, 6.07) is 6.55. The van der Waals surface area contributed by atoms with Crippen LogP contribution in [-0.2, 0) is 0 Å². The molecule has 0 radical (unpaired) electrons. The Morgan fingerprint density at radius 1 is 0.810 bits per heavy atom. The minimum Gasteiger partial charge on any atom is -0.289 e. The van der Waals surface area contributed by atoms with Gasteiger partial charge in [-0.3, -0.25) is 19.7 Å². The van der Waals surface area contributed by atoms with Crippen molar-refractivity contribution in [2.45, 2.75) is 0 Å². The molecule has 0 unspecified atom stereocenters. The van der Waals surface area contributed by atoms with Crippen molar-refractivity contribution >= 4 is 34.1 Å². The second-order valence-electron chi connectivity index (χ2n) is 4.96. The van der Waals surface area contributed by atoms with E-state index in [2.05, 4.69) is 0 Å². The highest BCUT2D eigenvalue weighted by Crippen LogP contribution is 2.38. The van der Waals surface area contributed by atoms with E-state index in [0.717, 1.165) is 11.6 Å². The van der Waals surface area contributed by atoms with Gasteiger partial charge in [0.05, 0.1) is 16.6 Å². The highest BCUT2D eigenvalue weighted by molar-refractivity contribution is 6.27. The molecular formula is C16H7NO4. The third kappa shape index (κ3) is 1.40. The molecule has 0 fully saturated rings. The molecule has 0 saturated carbocycles. The van der Waals surface area contributed by atoms with Crippen molar-refractivity contribution in [3.8, 4) is 0 Å². The fourth-order valence-corrected chi connectivity index (χ4v) is 2.97. The van der Waals surface area contributed by atoms with Gasteiger partial charge in [0.2, 0.25) is 0 Å². The summed E-state index contributed by atoms with van der Waals surface area (Å²) >= 11 is 0. The summed E-state index contributed by atoms with van der Waals surface area (Å²) in [6.45, 7) is 0. The monoisotopic (exact) mass is 277 g/mol. The fourth-order valence-electron chi connectivity index (χ4n) is 2.97. The number of carbonyl (C=O) groups excluding carboxylic acids is 2. The molecule has 0 spiro atoms. The van der Waals surface area contributed by atoms with Crippen LogP contribution in [0.4, 0.5) is 0 Å². The van der Waals surface area contributed by atoms with E-state index in [-0.39, 0.29) is 11.5 Å². The van der Waals surface area contributed by atoms with Gasteiger partial charge < -0.3 is 0 Å². The summed E-state index contributed by atoms with van der Waals surface area (Å²) in [5, 5.41) is 12.3. The van der Waals surface area contributed by atoms with E-state index in [1.54, 1.807) is 30.3 Å². The van der Waals surface area contributed by atoms with Crippen LogP contribution in [0.1, 0.15) is 31.8 Å². The van der Waals surface area contributed by atoms with Crippen molar-refractivity contribution in [1.82, 2.24) is 0 Å². The van der Waals surface area contributed by atoms with E-state index >= 15 is 0 Å². The van der Waals surface area contributed by atoms with E-state index in [9.17, 15) is 19.7 Å². The minimum absolute atomic E-state index is 0.157. The third-order valence-electron chi connectivity index (χ3n) is 3.88. The van der Waals surface area contributed by atoms with Gasteiger partial charge in [0.15, 0.2) is 11.6 Å². The molecule has 0 N–H and O–H groups in total. The molecule has 0 amide bonds. The first-order valence-electron chi connectivity index (χ1n) is 6.31. The van der Waals surface area contributed by atoms with Crippen LogP contribution < -0.4 is 0 Å². The van der Waals surface area contributed by atoms with Gasteiger partial charge in [-0.15, -0.1) is 0 Å². The van der Waals surface area contributed by atoms with Crippen molar-refractivity contribution in [3.63, 3.8) is 0 Å². The van der Waals surface area contributed by atoms with Crippen LogP contribution in [0.2, 0.25) is 0 Å². The molecule has 0 bridgehead atoms. The number of ketones is 2. The molecule has 5 nitrogen and oxygen atoms in total. The second-order valence-corrected chi connectivity index (χ2v) is 4.96. The molecule has 2 aliphatic carbocycles. The van der Waals surface area contributed by atoms with Gasteiger partial charge in [-0.25, -0.2) is 0 Å². The lowest BCUT2D eigenvalue weighted by atomic mass is 9.83. The van der Waals surface area contributed by atoms with Gasteiger partial charge in [0.1, 0.15) is 0 Å². The van der Waals surface area contributed by atoms with Crippen molar-refractivity contribution in [2.75, 3.05) is 0 Å². The van der Waals surface area contributed by atoms with Crippen molar-refractivity contribution in [1.29, 1.82) is 0 Å². The highest BCUT2D eigenvalue weighted by atomic mass is 16.6. The molecule has 0 aliphatic heterocycles. The molecule has 0 saturated heterocycles. The lowest BCUT2D eigenvalue weighted by Crippen LogP contribution is -2.13. The number of benzene rings is 2. The molecule has 2 aromatic rings. The molecule has 4 rings (SSSR count). The Kier molecular flexibility index (Phi) is 2.08. The molecule has 2 aromatic carbocycles. The zero-order valence-electron chi connectivity index (χ0n) is 10.6. The van der Waals surface area contributed by atoms with Crippen molar-refractivity contribution in [2.24, 2.45) is 0 Å². The Bertz CT molecular complexity index is 950. The number of carbonyl (C=O) groups is 2. The van der Waals surface area contributed by atoms with Crippen LogP contribution >= 0.6 is 0 Å². The summed E-state index contributed by atoms with van der Waals surface area (Å²) in [5.74, 6) is -0.559. The minimum atomic E-state index is -0.564. The number of allylic oxidation sites excluding steroid dienone is 2. The molecule has 5 heteroatoms. The SMILES string of the molecule is O=C1C=Cc2ccc3c4c(ccc1c24)C(=O)C=C3[N+](=O)[O-]. The Labute approximate surface area is 118 Å². The van der Waals surface area contributed by atoms with Gasteiger partial charge in [0.25, 0.3) is 5.70 Å². The number of hydrogen-bond donors (Lipinski definition) is 0. The molecule has 100 valence electrons. The van der Waals surface area contributed by atoms with Gasteiger partial charge in [0, 0.05) is 21.9 Å². The van der Waals surface area contributed by atoms with Crippen LogP contribution in [-0.4, -0.2) is 16.5 Å². The van der Waals surface area contributed by atoms with E-state index in [4.69, 9.17) is 0 Å². The first-order valence-corrected chi connectivity index (χ1v) is 6.31. The van der Waals surface area contributed by atoms with E-state index in [1.807, 2.05) is 0 Å². The molecule has 0 heterocycles. The number of nitro groups is 1. The maximum Gasteiger partial charge on any atom is 0.281 e. The first kappa shape index (κ1) is 11.7. The lowest BCUT2D eigenvalue weighted by molar-refractivity contribution is -0.375. The smallest absolute Gasteiger partial charge is 0.281 e. The first-order chi connectivity index (χ1) is 10.1. The van der Waals surface area contributed by atoms with Crippen LogP contribution in [0, 0.1) is 10.1 Å². The Hall–Kier alpha value is -3.08. The average molecular weight is 277 g/mol. The van der Waals surface area contributed by atoms with Crippen molar-refractivity contribution in [3.05, 3.63) is 68.8 Å². The molecule has 2 aliphatic rings. The van der Waals surface area contributed by atoms with Crippen molar-refractivity contribution < 1.29 is 14.5 Å². The highest BCUT2D eigenvalue weighted by Gasteiger charge is 2.30. The predicted molar refractivity (Wildman–Crippen MR) is 76.6 cm³/mol. The second kappa shape index (κ2) is 3.73. The predicted octanol–water partition coefficient (Wildman–Crippen LogP) is 2.86. The van der Waals surface area contributed by atoms with Crippen LogP contribution in [0.3, 0.4) is 0 Å². The summed E-state index contributed by atoms with van der Waals surface area (Å²) < 4.78 is 0. The Morgan fingerprint density at radius 3 is 2.19 bits per heavy atom. The third-order valence-corrected chi connectivity index (χ3v) is 3.88. The maximum absolute atomic E-state index is 12.1. The maximum atomic E-state index is 12.1. The number of nitrogens with zero attached hydrogens (tertiary/aromatic N) is 1. The zero-order chi connectivity index (χ0) is 14.7. The molecule has 21 heavy (non-hydrogen) atoms. The summed E-state index contributed by atoms with van der Waals surface area (Å²) in [4.78, 5) is 34.7. The van der Waals surface area contributed by atoms with Gasteiger partial charge in [-0.2, -0.15) is 0 Å². The molecule has 0 atom stereocenters. The standard InChI is InChI=1S/C16H7NO4/c18-13-6-2-8-1-3-9-12(17(20)21)7-14(19)11-5-4-10(13)15(8)16(9)11/h1-7H. The quantitative estimate of drug-likeness (QED) is 0.593. The summed E-state index contributed by atoms with van der Waals surface area (Å²) in [6.07, 6.45) is 4.18. The topological polar surface area (TPSA) is 77.3 Å². The van der Waals surface area contributed by atoms with E-state index in [1.165, 1.54) is 6.08 Å². The summed E-state index contributed by atoms with van der Waals surface area (Å²) in [7, 11) is 0. The molecule has 0 aromatic heterocycles. The largest absolute Gasteiger partial charge is 0.289 e. The summed E-state index contributed by atoms with van der Waals surface area (Å²) in [5.41, 5.74) is 1.84. The van der Waals surface area contributed by atoms with Gasteiger partial charge in [-0.1, -0.05) is 12.1 Å². The van der Waals surface area contributed by atoms with E-state index < -0.39 is 10.7 Å². The van der Waals surface area contributed by atoms with Gasteiger partial charge >= 0.3 is 0 Å². The van der Waals surface area contributed by atoms with Gasteiger partial charge in [-0.05, 0) is 29.8 Å². The van der Waals surface area contributed by atoms with Crippen LogP contribution in [0.25, 0.3) is 22.5 Å². The number of hydrogen-bond acceptors (Lipinski definition) is 4. The zero-order valence-corrected chi connectivity index (χ0v) is 10.6. The van der Waals surface area contributed by atoms with Crippen LogP contribution in [0.15, 0.2) is 36.4 Å². The van der Waals surface area contributed by atoms with E-state index in [0.29, 0.717) is 27.5 Å². The van der Waals surface area contributed by atoms with Crippen LogP contribution in [0.5, 0.6) is 0 Å². The lowest BCUT2D eigenvalue weighted by Gasteiger charge is -2.18. The normalized spacial score (nSPS) is 15.3. The Balaban J connectivity index is 2.24. The average Bonchev–Trinajstić information content (AvgIpc) is 2.48. The Morgan fingerprint density at radius 2 is 1.48 bits per heavy atom. The molecular weight excluding hydrogens is 270 g/mol.